The third-order valence-corrected chi connectivity index (χ3v) is 8.08. The van der Waals surface area contributed by atoms with Crippen LogP contribution in [0.1, 0.15) is 75.7 Å². The highest BCUT2D eigenvalue weighted by Gasteiger charge is 2.44. The zero-order valence-corrected chi connectivity index (χ0v) is 20.7. The zero-order valence-electron chi connectivity index (χ0n) is 19.9. The number of Topliss-reactive ketones (excluding diaryl/α,β-unsaturated/α-hetero) is 1. The number of amides is 1. The lowest BCUT2D eigenvalue weighted by molar-refractivity contribution is -0.157. The molecule has 0 radical (unpaired) electrons. The molecular formula is C24H34N2O6S. The van der Waals surface area contributed by atoms with E-state index in [9.17, 15) is 22.8 Å². The summed E-state index contributed by atoms with van der Waals surface area (Å²) < 4.78 is 31.3. The molecule has 182 valence electrons. The van der Waals surface area contributed by atoms with Crippen molar-refractivity contribution in [2.24, 2.45) is 5.41 Å². The molecule has 9 heteroatoms. The van der Waals surface area contributed by atoms with E-state index in [4.69, 9.17) is 4.74 Å². The molecule has 3 rings (SSSR count). The second kappa shape index (κ2) is 9.44. The van der Waals surface area contributed by atoms with Gasteiger partial charge >= 0.3 is 5.97 Å². The number of carbonyl (C=O) groups excluding carboxylic acids is 3. The number of nitrogens with one attached hydrogen (secondary N) is 1. The van der Waals surface area contributed by atoms with Crippen LogP contribution in [-0.4, -0.2) is 50.5 Å². The lowest BCUT2D eigenvalue weighted by atomic mass is 9.82. The number of rotatable bonds is 8. The maximum Gasteiger partial charge on any atom is 0.313 e. The minimum atomic E-state index is -3.36. The second-order valence-electron chi connectivity index (χ2n) is 10.0. The summed E-state index contributed by atoms with van der Waals surface area (Å²) in [6, 6.07) is 4.89. The van der Waals surface area contributed by atoms with Gasteiger partial charge in [-0.15, -0.1) is 0 Å². The summed E-state index contributed by atoms with van der Waals surface area (Å²) >= 11 is 0. The molecule has 1 aromatic rings. The summed E-state index contributed by atoms with van der Waals surface area (Å²) in [5.41, 5.74) is 0.484. The molecule has 0 bridgehead atoms. The Hall–Kier alpha value is -2.42. The molecule has 1 fully saturated rings. The van der Waals surface area contributed by atoms with E-state index in [0.717, 1.165) is 18.4 Å². The maximum atomic E-state index is 12.9. The first-order chi connectivity index (χ1) is 15.4. The zero-order chi connectivity index (χ0) is 24.4. The average molecular weight is 479 g/mol. The molecule has 1 amide bonds. The molecule has 1 saturated carbocycles. The van der Waals surface area contributed by atoms with E-state index in [1.54, 1.807) is 25.1 Å². The van der Waals surface area contributed by atoms with Crippen molar-refractivity contribution in [2.45, 2.75) is 71.8 Å². The fourth-order valence-electron chi connectivity index (χ4n) is 4.63. The average Bonchev–Trinajstić information content (AvgIpc) is 3.37. The van der Waals surface area contributed by atoms with E-state index in [2.05, 4.69) is 5.32 Å². The number of anilines is 1. The SMILES string of the molecule is CCS(=O)(=O)N1CCc2cc(C(=O)COC(=O)C3(CC(=O)NC(C)(C)C)CCCC3)ccc21. The van der Waals surface area contributed by atoms with Gasteiger partial charge in [0.2, 0.25) is 15.9 Å². The Balaban J connectivity index is 1.65. The predicted octanol–water partition coefficient (Wildman–Crippen LogP) is 2.99. The number of carbonyl (C=O) groups is 3. The van der Waals surface area contributed by atoms with Crippen molar-refractivity contribution in [3.05, 3.63) is 29.3 Å². The summed E-state index contributed by atoms with van der Waals surface area (Å²) in [5, 5.41) is 2.90. The largest absolute Gasteiger partial charge is 0.457 e. The van der Waals surface area contributed by atoms with Gasteiger partial charge in [0, 0.05) is 24.1 Å². The Bertz CT molecular complexity index is 1040. The van der Waals surface area contributed by atoms with Gasteiger partial charge in [-0.3, -0.25) is 18.7 Å². The number of fused-ring (bicyclic) bond motifs is 1. The Morgan fingerprint density at radius 3 is 2.42 bits per heavy atom. The normalized spacial score (nSPS) is 17.5. The summed E-state index contributed by atoms with van der Waals surface area (Å²) in [4.78, 5) is 38.2. The molecule has 2 aliphatic rings. The molecule has 33 heavy (non-hydrogen) atoms. The number of ketones is 1. The van der Waals surface area contributed by atoms with Crippen molar-refractivity contribution < 1.29 is 27.5 Å². The van der Waals surface area contributed by atoms with Crippen molar-refractivity contribution in [1.82, 2.24) is 5.32 Å². The number of hydrogen-bond donors (Lipinski definition) is 1. The second-order valence-corrected chi connectivity index (χ2v) is 12.2. The Morgan fingerprint density at radius 1 is 1.15 bits per heavy atom. The van der Waals surface area contributed by atoms with Crippen LogP contribution in [0.15, 0.2) is 18.2 Å². The van der Waals surface area contributed by atoms with Crippen LogP contribution in [-0.2, 0) is 30.8 Å². The van der Waals surface area contributed by atoms with Gasteiger partial charge in [-0.2, -0.15) is 0 Å². The fourth-order valence-corrected chi connectivity index (χ4v) is 5.79. The van der Waals surface area contributed by atoms with E-state index in [0.29, 0.717) is 37.1 Å². The highest BCUT2D eigenvalue weighted by atomic mass is 32.2. The molecule has 0 atom stereocenters. The highest BCUT2D eigenvalue weighted by Crippen LogP contribution is 2.42. The van der Waals surface area contributed by atoms with Gasteiger partial charge in [0.15, 0.2) is 12.4 Å². The maximum absolute atomic E-state index is 12.9. The van der Waals surface area contributed by atoms with Gasteiger partial charge in [-0.1, -0.05) is 12.8 Å². The first-order valence-corrected chi connectivity index (χ1v) is 13.1. The number of sulfonamides is 1. The van der Waals surface area contributed by atoms with Crippen molar-refractivity contribution in [2.75, 3.05) is 23.2 Å². The molecule has 1 heterocycles. The molecular weight excluding hydrogens is 444 g/mol. The number of benzene rings is 1. The first-order valence-electron chi connectivity index (χ1n) is 11.5. The number of nitrogens with zero attached hydrogens (tertiary/aromatic N) is 1. The highest BCUT2D eigenvalue weighted by molar-refractivity contribution is 7.92. The summed E-state index contributed by atoms with van der Waals surface area (Å²) in [6.45, 7) is 7.21. The van der Waals surface area contributed by atoms with Crippen LogP contribution < -0.4 is 9.62 Å². The predicted molar refractivity (Wildman–Crippen MR) is 126 cm³/mol. The lowest BCUT2D eigenvalue weighted by Crippen LogP contribution is -2.44. The smallest absolute Gasteiger partial charge is 0.313 e. The molecule has 1 aliphatic heterocycles. The van der Waals surface area contributed by atoms with E-state index < -0.39 is 33.6 Å². The molecule has 0 aromatic heterocycles. The Morgan fingerprint density at radius 2 is 1.82 bits per heavy atom. The lowest BCUT2D eigenvalue weighted by Gasteiger charge is -2.28. The van der Waals surface area contributed by atoms with E-state index in [1.807, 2.05) is 20.8 Å². The van der Waals surface area contributed by atoms with Crippen LogP contribution in [0.4, 0.5) is 5.69 Å². The molecule has 0 unspecified atom stereocenters. The molecule has 8 nitrogen and oxygen atoms in total. The Labute approximate surface area is 196 Å². The number of esters is 1. The standard InChI is InChI=1S/C24H34N2O6S/c1-5-33(30,31)26-13-10-17-14-18(8-9-19(17)26)20(27)16-32-22(29)24(11-6-7-12-24)15-21(28)25-23(2,3)4/h8-9,14H,5-7,10-13,15-16H2,1-4H3,(H,25,28). The summed E-state index contributed by atoms with van der Waals surface area (Å²) in [6.07, 6.45) is 3.40. The molecule has 0 spiro atoms. The Kier molecular flexibility index (Phi) is 7.21. The summed E-state index contributed by atoms with van der Waals surface area (Å²) in [5.74, 6) is -1.04. The van der Waals surface area contributed by atoms with E-state index >= 15 is 0 Å². The topological polar surface area (TPSA) is 110 Å². The van der Waals surface area contributed by atoms with Crippen LogP contribution >= 0.6 is 0 Å². The van der Waals surface area contributed by atoms with Crippen LogP contribution in [0.25, 0.3) is 0 Å². The van der Waals surface area contributed by atoms with Gasteiger partial charge in [-0.05, 0) is 70.7 Å². The minimum Gasteiger partial charge on any atom is -0.457 e. The van der Waals surface area contributed by atoms with Crippen LogP contribution in [0.5, 0.6) is 0 Å². The van der Waals surface area contributed by atoms with Gasteiger partial charge < -0.3 is 10.1 Å². The molecule has 1 N–H and O–H groups in total. The fraction of sp³-hybridized carbons (Fsp3) is 0.625. The van der Waals surface area contributed by atoms with Gasteiger partial charge in [0.1, 0.15) is 0 Å². The van der Waals surface area contributed by atoms with E-state index in [-0.39, 0.29) is 23.9 Å². The van der Waals surface area contributed by atoms with Crippen LogP contribution in [0, 0.1) is 5.41 Å². The van der Waals surface area contributed by atoms with Crippen molar-refractivity contribution in [1.29, 1.82) is 0 Å². The molecule has 1 aliphatic carbocycles. The van der Waals surface area contributed by atoms with Crippen molar-refractivity contribution in [3.63, 3.8) is 0 Å². The third kappa shape index (κ3) is 5.75. The quantitative estimate of drug-likeness (QED) is 0.454. The van der Waals surface area contributed by atoms with Gasteiger partial charge in [-0.25, -0.2) is 8.42 Å². The molecule has 0 saturated heterocycles. The van der Waals surface area contributed by atoms with Crippen molar-refractivity contribution in [3.8, 4) is 0 Å². The third-order valence-electron chi connectivity index (χ3n) is 6.30. The van der Waals surface area contributed by atoms with Crippen LogP contribution in [0.3, 0.4) is 0 Å². The minimum absolute atomic E-state index is 0.0125. The number of ether oxygens (including phenoxy) is 1. The first kappa shape index (κ1) is 25.2. The van der Waals surface area contributed by atoms with Gasteiger partial charge in [0.25, 0.3) is 0 Å². The summed E-state index contributed by atoms with van der Waals surface area (Å²) in [7, 11) is -3.36. The van der Waals surface area contributed by atoms with Crippen LogP contribution in [0.2, 0.25) is 0 Å². The van der Waals surface area contributed by atoms with Crippen molar-refractivity contribution >= 4 is 33.4 Å². The van der Waals surface area contributed by atoms with Gasteiger partial charge in [0.05, 0.1) is 16.9 Å². The monoisotopic (exact) mass is 478 g/mol. The molecule has 1 aromatic carbocycles. The van der Waals surface area contributed by atoms with E-state index in [1.165, 1.54) is 4.31 Å². The number of hydrogen-bond acceptors (Lipinski definition) is 6.